The van der Waals surface area contributed by atoms with Crippen molar-refractivity contribution >= 4 is 10.9 Å². The minimum absolute atomic E-state index is 0.271. The average Bonchev–Trinajstić information content (AvgIpc) is 2.47. The van der Waals surface area contributed by atoms with Gasteiger partial charge in [-0.2, -0.15) is 0 Å². The first kappa shape index (κ1) is 9.28. The summed E-state index contributed by atoms with van der Waals surface area (Å²) in [4.78, 5) is 0. The standard InChI is InChI=1S/C12H15NO/c1-9(14)7-10-3-4-11-5-6-13(2)12(11)8-10/h3-6,8-9,14H,7H2,1-2H3/t9-/m1/s1. The van der Waals surface area contributed by atoms with Gasteiger partial charge in [-0.25, -0.2) is 0 Å². The maximum absolute atomic E-state index is 9.29. The number of aliphatic hydroxyl groups is 1. The van der Waals surface area contributed by atoms with Crippen molar-refractivity contribution in [3.63, 3.8) is 0 Å². The maximum Gasteiger partial charge on any atom is 0.0552 e. The summed E-state index contributed by atoms with van der Waals surface area (Å²) in [7, 11) is 2.04. The molecule has 1 atom stereocenters. The average molecular weight is 189 g/mol. The van der Waals surface area contributed by atoms with Crippen molar-refractivity contribution < 1.29 is 5.11 Å². The fourth-order valence-electron chi connectivity index (χ4n) is 1.78. The Balaban J connectivity index is 2.44. The number of rotatable bonds is 2. The Kier molecular flexibility index (Phi) is 2.30. The molecule has 1 aromatic carbocycles. The minimum Gasteiger partial charge on any atom is -0.393 e. The number of hydrogen-bond acceptors (Lipinski definition) is 1. The van der Waals surface area contributed by atoms with E-state index in [0.29, 0.717) is 0 Å². The summed E-state index contributed by atoms with van der Waals surface area (Å²) in [5.74, 6) is 0. The zero-order chi connectivity index (χ0) is 10.1. The van der Waals surface area contributed by atoms with Crippen LogP contribution in [0, 0.1) is 0 Å². The van der Waals surface area contributed by atoms with Crippen LogP contribution < -0.4 is 0 Å². The van der Waals surface area contributed by atoms with Gasteiger partial charge in [-0.05, 0) is 36.4 Å². The molecule has 0 unspecified atom stereocenters. The van der Waals surface area contributed by atoms with Gasteiger partial charge in [-0.15, -0.1) is 0 Å². The van der Waals surface area contributed by atoms with E-state index in [1.165, 1.54) is 16.5 Å². The quantitative estimate of drug-likeness (QED) is 0.769. The lowest BCUT2D eigenvalue weighted by Crippen LogP contribution is -2.03. The van der Waals surface area contributed by atoms with Crippen molar-refractivity contribution in [2.24, 2.45) is 7.05 Å². The zero-order valence-corrected chi connectivity index (χ0v) is 8.57. The molecule has 0 amide bonds. The molecule has 2 aromatic rings. The second-order valence-corrected chi connectivity index (χ2v) is 3.87. The second-order valence-electron chi connectivity index (χ2n) is 3.87. The number of aromatic nitrogens is 1. The van der Waals surface area contributed by atoms with Gasteiger partial charge in [-0.3, -0.25) is 0 Å². The Morgan fingerprint density at radius 2 is 2.14 bits per heavy atom. The Hall–Kier alpha value is -1.28. The molecular weight excluding hydrogens is 174 g/mol. The summed E-state index contributed by atoms with van der Waals surface area (Å²) < 4.78 is 2.10. The van der Waals surface area contributed by atoms with Crippen molar-refractivity contribution in [3.05, 3.63) is 36.0 Å². The second kappa shape index (κ2) is 3.46. The summed E-state index contributed by atoms with van der Waals surface area (Å²) in [6.45, 7) is 1.81. The lowest BCUT2D eigenvalue weighted by molar-refractivity contribution is 0.195. The van der Waals surface area contributed by atoms with Crippen LogP contribution in [0.25, 0.3) is 10.9 Å². The van der Waals surface area contributed by atoms with E-state index in [2.05, 4.69) is 35.0 Å². The van der Waals surface area contributed by atoms with Crippen molar-refractivity contribution in [2.75, 3.05) is 0 Å². The van der Waals surface area contributed by atoms with E-state index in [4.69, 9.17) is 0 Å². The largest absolute Gasteiger partial charge is 0.393 e. The summed E-state index contributed by atoms with van der Waals surface area (Å²) in [5.41, 5.74) is 2.41. The first-order valence-electron chi connectivity index (χ1n) is 4.89. The first-order chi connectivity index (χ1) is 6.66. The lowest BCUT2D eigenvalue weighted by Gasteiger charge is -2.05. The number of aliphatic hydroxyl groups excluding tert-OH is 1. The van der Waals surface area contributed by atoms with Gasteiger partial charge in [0.25, 0.3) is 0 Å². The van der Waals surface area contributed by atoms with Crippen molar-refractivity contribution in [1.82, 2.24) is 4.57 Å². The van der Waals surface area contributed by atoms with E-state index >= 15 is 0 Å². The fraction of sp³-hybridized carbons (Fsp3) is 0.333. The van der Waals surface area contributed by atoms with Crippen LogP contribution in [0.2, 0.25) is 0 Å². The highest BCUT2D eigenvalue weighted by molar-refractivity contribution is 5.80. The molecule has 0 aliphatic heterocycles. The van der Waals surface area contributed by atoms with Crippen molar-refractivity contribution in [3.8, 4) is 0 Å². The van der Waals surface area contributed by atoms with Gasteiger partial charge in [-0.1, -0.05) is 12.1 Å². The third-order valence-electron chi connectivity index (χ3n) is 2.48. The maximum atomic E-state index is 9.29. The summed E-state index contributed by atoms with van der Waals surface area (Å²) in [5, 5.41) is 10.5. The van der Waals surface area contributed by atoms with Gasteiger partial charge in [0.05, 0.1) is 6.10 Å². The summed E-state index contributed by atoms with van der Waals surface area (Å²) in [6.07, 6.45) is 2.51. The third-order valence-corrected chi connectivity index (χ3v) is 2.48. The molecule has 14 heavy (non-hydrogen) atoms. The molecule has 0 radical (unpaired) electrons. The van der Waals surface area contributed by atoms with Crippen LogP contribution in [0.4, 0.5) is 0 Å². The van der Waals surface area contributed by atoms with Crippen LogP contribution in [0.5, 0.6) is 0 Å². The van der Waals surface area contributed by atoms with Crippen LogP contribution >= 0.6 is 0 Å². The summed E-state index contributed by atoms with van der Waals surface area (Å²) in [6, 6.07) is 8.42. The highest BCUT2D eigenvalue weighted by atomic mass is 16.3. The molecule has 0 bridgehead atoms. The molecule has 0 aliphatic carbocycles. The van der Waals surface area contributed by atoms with E-state index in [1.807, 2.05) is 14.0 Å². The molecule has 0 saturated carbocycles. The predicted molar refractivity (Wildman–Crippen MR) is 58.3 cm³/mol. The van der Waals surface area contributed by atoms with Gasteiger partial charge in [0.15, 0.2) is 0 Å². The number of benzene rings is 1. The molecule has 2 heteroatoms. The Morgan fingerprint density at radius 3 is 2.86 bits per heavy atom. The molecule has 1 aromatic heterocycles. The molecule has 2 rings (SSSR count). The monoisotopic (exact) mass is 189 g/mol. The number of aryl methyl sites for hydroxylation is 1. The Morgan fingerprint density at radius 1 is 1.36 bits per heavy atom. The van der Waals surface area contributed by atoms with Gasteiger partial charge < -0.3 is 9.67 Å². The van der Waals surface area contributed by atoms with Crippen LogP contribution in [0.3, 0.4) is 0 Å². The van der Waals surface area contributed by atoms with E-state index < -0.39 is 0 Å². The Labute approximate surface area is 83.8 Å². The van der Waals surface area contributed by atoms with E-state index in [9.17, 15) is 5.11 Å². The minimum atomic E-state index is -0.271. The molecule has 2 nitrogen and oxygen atoms in total. The fourth-order valence-corrected chi connectivity index (χ4v) is 1.78. The van der Waals surface area contributed by atoms with E-state index in [-0.39, 0.29) is 6.10 Å². The predicted octanol–water partition coefficient (Wildman–Crippen LogP) is 2.10. The Bertz CT molecular complexity index is 443. The molecule has 0 spiro atoms. The normalized spacial score (nSPS) is 13.4. The molecule has 1 N–H and O–H groups in total. The number of hydrogen-bond donors (Lipinski definition) is 1. The molecule has 0 fully saturated rings. The van der Waals surface area contributed by atoms with Crippen LogP contribution in [0.15, 0.2) is 30.5 Å². The summed E-state index contributed by atoms with van der Waals surface area (Å²) >= 11 is 0. The lowest BCUT2D eigenvalue weighted by atomic mass is 10.1. The van der Waals surface area contributed by atoms with Crippen molar-refractivity contribution in [2.45, 2.75) is 19.4 Å². The van der Waals surface area contributed by atoms with Crippen LogP contribution in [-0.2, 0) is 13.5 Å². The first-order valence-corrected chi connectivity index (χ1v) is 4.89. The smallest absolute Gasteiger partial charge is 0.0552 e. The molecule has 74 valence electrons. The highest BCUT2D eigenvalue weighted by Crippen LogP contribution is 2.17. The van der Waals surface area contributed by atoms with E-state index in [0.717, 1.165) is 6.42 Å². The zero-order valence-electron chi connectivity index (χ0n) is 8.57. The van der Waals surface area contributed by atoms with Gasteiger partial charge in [0.1, 0.15) is 0 Å². The topological polar surface area (TPSA) is 25.2 Å². The molecule has 1 heterocycles. The van der Waals surface area contributed by atoms with Gasteiger partial charge >= 0.3 is 0 Å². The molecule has 0 saturated heterocycles. The van der Waals surface area contributed by atoms with Crippen molar-refractivity contribution in [1.29, 1.82) is 0 Å². The van der Waals surface area contributed by atoms with E-state index in [1.54, 1.807) is 0 Å². The number of fused-ring (bicyclic) bond motifs is 1. The molecule has 0 aliphatic rings. The highest BCUT2D eigenvalue weighted by Gasteiger charge is 2.02. The van der Waals surface area contributed by atoms with Crippen LogP contribution in [-0.4, -0.2) is 15.8 Å². The van der Waals surface area contributed by atoms with Crippen LogP contribution in [0.1, 0.15) is 12.5 Å². The molecular formula is C12H15NO. The van der Waals surface area contributed by atoms with Gasteiger partial charge in [0, 0.05) is 18.8 Å². The van der Waals surface area contributed by atoms with Gasteiger partial charge in [0.2, 0.25) is 0 Å². The number of nitrogens with zero attached hydrogens (tertiary/aromatic N) is 1. The SMILES string of the molecule is C[C@@H](O)Cc1ccc2ccn(C)c2c1. The third kappa shape index (κ3) is 1.66.